The van der Waals surface area contributed by atoms with Crippen molar-refractivity contribution >= 4 is 21.6 Å². The summed E-state index contributed by atoms with van der Waals surface area (Å²) >= 11 is 1.95. The van der Waals surface area contributed by atoms with E-state index in [1.807, 2.05) is 11.8 Å². The van der Waals surface area contributed by atoms with Gasteiger partial charge in [-0.15, -0.1) is 0 Å². The van der Waals surface area contributed by atoms with E-state index in [4.69, 9.17) is 0 Å². The molecule has 3 nitrogen and oxygen atoms in total. The molecule has 1 saturated heterocycles. The van der Waals surface area contributed by atoms with Gasteiger partial charge in [0.15, 0.2) is 9.84 Å². The molecule has 1 unspecified atom stereocenters. The predicted octanol–water partition coefficient (Wildman–Crippen LogP) is 1.30. The van der Waals surface area contributed by atoms with Crippen molar-refractivity contribution in [3.8, 4) is 0 Å². The molecule has 0 bridgehead atoms. The first-order chi connectivity index (χ1) is 7.66. The molecule has 2 aliphatic rings. The fraction of sp³-hybridized carbons (Fsp3) is 1.00. The lowest BCUT2D eigenvalue weighted by atomic mass is 9.87. The molecule has 0 aromatic carbocycles. The van der Waals surface area contributed by atoms with E-state index in [1.165, 1.54) is 18.6 Å². The number of sulfone groups is 1. The van der Waals surface area contributed by atoms with Gasteiger partial charge in [-0.3, -0.25) is 0 Å². The van der Waals surface area contributed by atoms with Crippen LogP contribution < -0.4 is 5.32 Å². The first-order valence-corrected chi connectivity index (χ1v) is 9.15. The fourth-order valence-electron chi connectivity index (χ4n) is 2.22. The fourth-order valence-corrected chi connectivity index (χ4v) is 5.05. The summed E-state index contributed by atoms with van der Waals surface area (Å²) in [4.78, 5) is 0. The van der Waals surface area contributed by atoms with Gasteiger partial charge in [0.05, 0.1) is 11.5 Å². The zero-order valence-electron chi connectivity index (χ0n) is 9.65. The van der Waals surface area contributed by atoms with Crippen molar-refractivity contribution in [2.45, 2.75) is 31.7 Å². The maximum Gasteiger partial charge on any atom is 0.151 e. The van der Waals surface area contributed by atoms with E-state index in [9.17, 15) is 8.42 Å². The quantitative estimate of drug-likeness (QED) is 0.784. The topological polar surface area (TPSA) is 46.2 Å². The van der Waals surface area contributed by atoms with Gasteiger partial charge < -0.3 is 5.32 Å². The van der Waals surface area contributed by atoms with Crippen molar-refractivity contribution in [2.24, 2.45) is 5.92 Å². The zero-order chi connectivity index (χ0) is 11.4. The molecule has 0 spiro atoms. The van der Waals surface area contributed by atoms with Crippen LogP contribution in [0.5, 0.6) is 0 Å². The highest BCUT2D eigenvalue weighted by Gasteiger charge is 2.24. The molecule has 1 atom stereocenters. The van der Waals surface area contributed by atoms with Crippen LogP contribution in [0.2, 0.25) is 0 Å². The largest absolute Gasteiger partial charge is 0.312 e. The maximum absolute atomic E-state index is 11.8. The van der Waals surface area contributed by atoms with Crippen molar-refractivity contribution in [3.05, 3.63) is 0 Å². The molecular formula is C11H21NO2S2. The van der Waals surface area contributed by atoms with Crippen molar-refractivity contribution < 1.29 is 8.42 Å². The molecule has 5 heteroatoms. The third-order valence-corrected chi connectivity index (χ3v) is 6.46. The Labute approximate surface area is 103 Å². The van der Waals surface area contributed by atoms with E-state index < -0.39 is 9.84 Å². The maximum atomic E-state index is 11.8. The Balaban J connectivity index is 1.63. The Hall–Kier alpha value is 0.260. The van der Waals surface area contributed by atoms with Crippen LogP contribution in [-0.4, -0.2) is 44.0 Å². The lowest BCUT2D eigenvalue weighted by molar-refractivity contribution is 0.347. The van der Waals surface area contributed by atoms with Gasteiger partial charge in [-0.25, -0.2) is 8.42 Å². The molecule has 0 aromatic heterocycles. The molecule has 1 saturated carbocycles. The van der Waals surface area contributed by atoms with Gasteiger partial charge in [0, 0.05) is 18.3 Å². The van der Waals surface area contributed by atoms with E-state index in [1.54, 1.807) is 0 Å². The summed E-state index contributed by atoms with van der Waals surface area (Å²) < 4.78 is 23.5. The van der Waals surface area contributed by atoms with Gasteiger partial charge in [0.25, 0.3) is 0 Å². The number of hydrogen-bond donors (Lipinski definition) is 1. The third-order valence-electron chi connectivity index (χ3n) is 3.49. The van der Waals surface area contributed by atoms with Crippen LogP contribution in [0.4, 0.5) is 0 Å². The highest BCUT2D eigenvalue weighted by Crippen LogP contribution is 2.27. The summed E-state index contributed by atoms with van der Waals surface area (Å²) in [5.74, 6) is 3.57. The number of nitrogens with one attached hydrogen (secondary N) is 1. The van der Waals surface area contributed by atoms with Crippen LogP contribution in [-0.2, 0) is 9.84 Å². The van der Waals surface area contributed by atoms with Crippen molar-refractivity contribution in [3.63, 3.8) is 0 Å². The lowest BCUT2D eigenvalue weighted by Gasteiger charge is -2.24. The lowest BCUT2D eigenvalue weighted by Crippen LogP contribution is -2.34. The minimum Gasteiger partial charge on any atom is -0.312 e. The second-order valence-corrected chi connectivity index (χ2v) is 8.30. The standard InChI is InChI=1S/C11H21NO2S2/c13-16(14,9-10-2-1-3-10)7-5-12-11-4-6-15-8-11/h10-12H,1-9H2. The van der Waals surface area contributed by atoms with Crippen molar-refractivity contribution in [2.75, 3.05) is 29.6 Å². The van der Waals surface area contributed by atoms with Gasteiger partial charge in [-0.05, 0) is 30.9 Å². The molecule has 1 heterocycles. The molecule has 1 aliphatic heterocycles. The summed E-state index contributed by atoms with van der Waals surface area (Å²) in [6.07, 6.45) is 4.64. The smallest absolute Gasteiger partial charge is 0.151 e. The van der Waals surface area contributed by atoms with Crippen LogP contribution in [0.15, 0.2) is 0 Å². The van der Waals surface area contributed by atoms with Crippen LogP contribution in [0.25, 0.3) is 0 Å². The number of thioether (sulfide) groups is 1. The first-order valence-electron chi connectivity index (χ1n) is 6.17. The van der Waals surface area contributed by atoms with Gasteiger partial charge in [-0.1, -0.05) is 6.42 Å². The second-order valence-electron chi connectivity index (χ2n) is 4.93. The Morgan fingerprint density at radius 2 is 2.06 bits per heavy atom. The van der Waals surface area contributed by atoms with Gasteiger partial charge in [0.1, 0.15) is 0 Å². The molecular weight excluding hydrogens is 242 g/mol. The van der Waals surface area contributed by atoms with Gasteiger partial charge in [-0.2, -0.15) is 11.8 Å². The molecule has 2 fully saturated rings. The van der Waals surface area contributed by atoms with Crippen LogP contribution in [0.3, 0.4) is 0 Å². The minimum atomic E-state index is -2.80. The summed E-state index contributed by atoms with van der Waals surface area (Å²) in [5, 5.41) is 3.35. The predicted molar refractivity (Wildman–Crippen MR) is 69.7 cm³/mol. The van der Waals surface area contributed by atoms with E-state index in [0.29, 0.717) is 30.0 Å². The molecule has 94 valence electrons. The summed E-state index contributed by atoms with van der Waals surface area (Å²) in [6.45, 7) is 0.639. The average molecular weight is 263 g/mol. The summed E-state index contributed by atoms with van der Waals surface area (Å²) in [6, 6.07) is 0.545. The molecule has 0 aromatic rings. The summed E-state index contributed by atoms with van der Waals surface area (Å²) in [7, 11) is -2.80. The normalized spacial score (nSPS) is 26.9. The Morgan fingerprint density at radius 3 is 2.62 bits per heavy atom. The second kappa shape index (κ2) is 5.74. The molecule has 1 aliphatic carbocycles. The Bertz CT molecular complexity index is 306. The van der Waals surface area contributed by atoms with Crippen molar-refractivity contribution in [1.29, 1.82) is 0 Å². The number of rotatable bonds is 6. The Kier molecular flexibility index (Phi) is 4.56. The SMILES string of the molecule is O=S(=O)(CCNC1CCSC1)CC1CCC1. The van der Waals surface area contributed by atoms with E-state index in [0.717, 1.165) is 18.6 Å². The number of hydrogen-bond acceptors (Lipinski definition) is 4. The zero-order valence-corrected chi connectivity index (χ0v) is 11.3. The minimum absolute atomic E-state index is 0.324. The first kappa shape index (κ1) is 12.7. The highest BCUT2D eigenvalue weighted by atomic mass is 32.2. The van der Waals surface area contributed by atoms with Crippen LogP contribution in [0.1, 0.15) is 25.7 Å². The van der Waals surface area contributed by atoms with E-state index in [2.05, 4.69) is 5.32 Å². The highest BCUT2D eigenvalue weighted by molar-refractivity contribution is 7.99. The van der Waals surface area contributed by atoms with Crippen LogP contribution in [0, 0.1) is 5.92 Å². The van der Waals surface area contributed by atoms with Gasteiger partial charge >= 0.3 is 0 Å². The van der Waals surface area contributed by atoms with Crippen molar-refractivity contribution in [1.82, 2.24) is 5.32 Å². The molecule has 0 radical (unpaired) electrons. The van der Waals surface area contributed by atoms with E-state index in [-0.39, 0.29) is 0 Å². The molecule has 2 rings (SSSR count). The molecule has 0 amide bonds. The van der Waals surface area contributed by atoms with E-state index >= 15 is 0 Å². The van der Waals surface area contributed by atoms with Gasteiger partial charge in [0.2, 0.25) is 0 Å². The third kappa shape index (κ3) is 3.93. The summed E-state index contributed by atoms with van der Waals surface area (Å²) in [5.41, 5.74) is 0. The molecule has 16 heavy (non-hydrogen) atoms. The average Bonchev–Trinajstić information content (AvgIpc) is 2.64. The monoisotopic (exact) mass is 263 g/mol. The Morgan fingerprint density at radius 1 is 1.25 bits per heavy atom. The van der Waals surface area contributed by atoms with Crippen LogP contribution >= 0.6 is 11.8 Å². The molecule has 1 N–H and O–H groups in total.